The second-order valence-electron chi connectivity index (χ2n) is 4.46. The topological polar surface area (TPSA) is 30.9 Å². The first-order valence-corrected chi connectivity index (χ1v) is 6.30. The number of aromatic nitrogens is 1. The summed E-state index contributed by atoms with van der Waals surface area (Å²) in [5, 5.41) is 1.39. The first kappa shape index (κ1) is 12.1. The van der Waals surface area contributed by atoms with Crippen molar-refractivity contribution in [1.82, 2.24) is 4.57 Å². The number of hydrogen-bond acceptors (Lipinski definition) is 1. The third kappa shape index (κ3) is 2.17. The number of rotatable bonds is 2. The summed E-state index contributed by atoms with van der Waals surface area (Å²) in [6, 6.07) is 12.4. The fourth-order valence-electron chi connectivity index (χ4n) is 2.22. The van der Waals surface area contributed by atoms with E-state index in [-0.39, 0.29) is 5.82 Å². The highest BCUT2D eigenvalue weighted by Gasteiger charge is 2.07. The number of fused-ring (bicyclic) bond motifs is 1. The number of hydrogen-bond donors (Lipinski definition) is 1. The summed E-state index contributed by atoms with van der Waals surface area (Å²) < 4.78 is 15.8. The Kier molecular flexibility index (Phi) is 2.91. The van der Waals surface area contributed by atoms with Gasteiger partial charge in [-0.2, -0.15) is 0 Å². The summed E-state index contributed by atoms with van der Waals surface area (Å²) in [4.78, 5) is 0. The van der Waals surface area contributed by atoms with Crippen molar-refractivity contribution in [3.8, 4) is 0 Å². The van der Waals surface area contributed by atoms with E-state index in [1.807, 2.05) is 35.0 Å². The number of anilines is 1. The van der Waals surface area contributed by atoms with Gasteiger partial charge in [-0.25, -0.2) is 4.39 Å². The molecule has 96 valence electrons. The standard InChI is InChI=1S/C15H12ClFN2/c16-11-5-4-10(13(17)8-11)9-19-7-6-12-14(18)2-1-3-15(12)19/h1-8H,9,18H2. The van der Waals surface area contributed by atoms with Crippen molar-refractivity contribution in [2.75, 3.05) is 5.73 Å². The summed E-state index contributed by atoms with van der Waals surface area (Å²) in [5.41, 5.74) is 8.23. The molecule has 0 aliphatic carbocycles. The molecule has 0 bridgehead atoms. The minimum absolute atomic E-state index is 0.293. The molecule has 0 saturated carbocycles. The van der Waals surface area contributed by atoms with Gasteiger partial charge < -0.3 is 10.3 Å². The highest BCUT2D eigenvalue weighted by molar-refractivity contribution is 6.30. The van der Waals surface area contributed by atoms with Crippen LogP contribution in [0.3, 0.4) is 0 Å². The molecule has 4 heteroatoms. The van der Waals surface area contributed by atoms with Crippen molar-refractivity contribution >= 4 is 28.2 Å². The Morgan fingerprint density at radius 1 is 1.16 bits per heavy atom. The molecule has 0 spiro atoms. The van der Waals surface area contributed by atoms with Gasteiger partial charge >= 0.3 is 0 Å². The van der Waals surface area contributed by atoms with Crippen LogP contribution in [0, 0.1) is 5.82 Å². The fraction of sp³-hybridized carbons (Fsp3) is 0.0667. The van der Waals surface area contributed by atoms with E-state index in [2.05, 4.69) is 0 Å². The molecule has 0 fully saturated rings. The normalized spacial score (nSPS) is 11.1. The van der Waals surface area contributed by atoms with Crippen LogP contribution in [-0.4, -0.2) is 4.57 Å². The molecule has 1 aromatic heterocycles. The van der Waals surface area contributed by atoms with Crippen LogP contribution in [0.1, 0.15) is 5.56 Å². The van der Waals surface area contributed by atoms with Gasteiger partial charge in [0.05, 0.1) is 12.1 Å². The van der Waals surface area contributed by atoms with Crippen molar-refractivity contribution in [1.29, 1.82) is 0 Å². The van der Waals surface area contributed by atoms with E-state index in [0.717, 1.165) is 16.6 Å². The van der Waals surface area contributed by atoms with Crippen molar-refractivity contribution in [3.05, 3.63) is 65.1 Å². The zero-order chi connectivity index (χ0) is 13.4. The molecule has 0 amide bonds. The number of benzene rings is 2. The molecule has 2 N–H and O–H groups in total. The van der Waals surface area contributed by atoms with Crippen LogP contribution in [-0.2, 0) is 6.54 Å². The predicted octanol–water partition coefficient (Wildman–Crippen LogP) is 4.06. The summed E-state index contributed by atoms with van der Waals surface area (Å²) in [6.45, 7) is 0.454. The Balaban J connectivity index is 2.04. The first-order valence-electron chi connectivity index (χ1n) is 5.92. The van der Waals surface area contributed by atoms with Gasteiger partial charge in [0.25, 0.3) is 0 Å². The molecule has 2 aromatic carbocycles. The van der Waals surface area contributed by atoms with Crippen LogP contribution >= 0.6 is 11.6 Å². The molecular weight excluding hydrogens is 263 g/mol. The van der Waals surface area contributed by atoms with Crippen molar-refractivity contribution in [2.45, 2.75) is 6.54 Å². The Morgan fingerprint density at radius 2 is 2.00 bits per heavy atom. The SMILES string of the molecule is Nc1cccc2c1ccn2Cc1ccc(Cl)cc1F. The lowest BCUT2D eigenvalue weighted by Crippen LogP contribution is -2.00. The van der Waals surface area contributed by atoms with Crippen LogP contribution in [0.15, 0.2) is 48.7 Å². The Morgan fingerprint density at radius 3 is 2.79 bits per heavy atom. The second kappa shape index (κ2) is 4.59. The largest absolute Gasteiger partial charge is 0.398 e. The zero-order valence-electron chi connectivity index (χ0n) is 10.1. The van der Waals surface area contributed by atoms with Crippen LogP contribution in [0.25, 0.3) is 10.9 Å². The van der Waals surface area contributed by atoms with E-state index < -0.39 is 0 Å². The average molecular weight is 275 g/mol. The van der Waals surface area contributed by atoms with E-state index in [9.17, 15) is 4.39 Å². The maximum Gasteiger partial charge on any atom is 0.129 e. The predicted molar refractivity (Wildman–Crippen MR) is 76.9 cm³/mol. The summed E-state index contributed by atoms with van der Waals surface area (Å²) in [5.74, 6) is -0.293. The maximum atomic E-state index is 13.8. The highest BCUT2D eigenvalue weighted by atomic mass is 35.5. The first-order chi connectivity index (χ1) is 9.15. The summed E-state index contributed by atoms with van der Waals surface area (Å²) >= 11 is 5.75. The van der Waals surface area contributed by atoms with Crippen molar-refractivity contribution < 1.29 is 4.39 Å². The molecule has 0 atom stereocenters. The van der Waals surface area contributed by atoms with Gasteiger partial charge in [0.2, 0.25) is 0 Å². The third-order valence-electron chi connectivity index (χ3n) is 3.20. The molecule has 0 radical (unpaired) electrons. The van der Waals surface area contributed by atoms with Crippen LogP contribution < -0.4 is 5.73 Å². The number of nitrogens with two attached hydrogens (primary N) is 1. The summed E-state index contributed by atoms with van der Waals surface area (Å²) in [6.07, 6.45) is 1.91. The van der Waals surface area contributed by atoms with Gasteiger partial charge in [-0.05, 0) is 30.3 Å². The molecule has 0 unspecified atom stereocenters. The van der Waals surface area contributed by atoms with Crippen LogP contribution in [0.4, 0.5) is 10.1 Å². The Labute approximate surface area is 115 Å². The molecule has 3 aromatic rings. The van der Waals surface area contributed by atoms with Gasteiger partial charge in [-0.3, -0.25) is 0 Å². The molecule has 0 saturated heterocycles. The van der Waals surface area contributed by atoms with Crippen molar-refractivity contribution in [2.24, 2.45) is 0 Å². The van der Waals surface area contributed by atoms with Crippen LogP contribution in [0.5, 0.6) is 0 Å². The molecule has 3 rings (SSSR count). The quantitative estimate of drug-likeness (QED) is 0.702. The molecule has 19 heavy (non-hydrogen) atoms. The smallest absolute Gasteiger partial charge is 0.129 e. The molecule has 0 aliphatic heterocycles. The summed E-state index contributed by atoms with van der Waals surface area (Å²) in [7, 11) is 0. The van der Waals surface area contributed by atoms with E-state index in [4.69, 9.17) is 17.3 Å². The molecule has 0 aliphatic rings. The van der Waals surface area contributed by atoms with Gasteiger partial charge in [-0.15, -0.1) is 0 Å². The molecular formula is C15H12ClFN2. The lowest BCUT2D eigenvalue weighted by molar-refractivity contribution is 0.602. The lowest BCUT2D eigenvalue weighted by atomic mass is 10.2. The number of nitrogens with zero attached hydrogens (tertiary/aromatic N) is 1. The van der Waals surface area contributed by atoms with E-state index in [1.54, 1.807) is 12.1 Å². The van der Waals surface area contributed by atoms with Gasteiger partial charge in [0.1, 0.15) is 5.82 Å². The minimum Gasteiger partial charge on any atom is -0.398 e. The van der Waals surface area contributed by atoms with Crippen molar-refractivity contribution in [3.63, 3.8) is 0 Å². The Bertz CT molecular complexity index is 749. The fourth-order valence-corrected chi connectivity index (χ4v) is 2.38. The van der Waals surface area contributed by atoms with Gasteiger partial charge in [-0.1, -0.05) is 23.7 Å². The Hall–Kier alpha value is -2.00. The monoisotopic (exact) mass is 274 g/mol. The van der Waals surface area contributed by atoms with E-state index in [1.165, 1.54) is 6.07 Å². The third-order valence-corrected chi connectivity index (χ3v) is 3.44. The molecule has 1 heterocycles. The highest BCUT2D eigenvalue weighted by Crippen LogP contribution is 2.23. The maximum absolute atomic E-state index is 13.8. The average Bonchev–Trinajstić information content (AvgIpc) is 2.78. The number of nitrogen functional groups attached to an aromatic ring is 1. The second-order valence-corrected chi connectivity index (χ2v) is 4.90. The zero-order valence-corrected chi connectivity index (χ0v) is 10.9. The van der Waals surface area contributed by atoms with Gasteiger partial charge in [0.15, 0.2) is 0 Å². The van der Waals surface area contributed by atoms with E-state index >= 15 is 0 Å². The molecule has 2 nitrogen and oxygen atoms in total. The van der Waals surface area contributed by atoms with E-state index in [0.29, 0.717) is 17.1 Å². The number of halogens is 2. The van der Waals surface area contributed by atoms with Crippen LogP contribution in [0.2, 0.25) is 5.02 Å². The van der Waals surface area contributed by atoms with Gasteiger partial charge in [0, 0.05) is 27.9 Å². The lowest BCUT2D eigenvalue weighted by Gasteiger charge is -2.07. The minimum atomic E-state index is -0.293.